The number of pyridine rings is 1. The number of hydrogen-bond donors (Lipinski definition) is 2. The zero-order valence-corrected chi connectivity index (χ0v) is 21.9. The van der Waals surface area contributed by atoms with Gasteiger partial charge >= 0.3 is 6.09 Å². The number of ether oxygens (including phenoxy) is 1. The van der Waals surface area contributed by atoms with Crippen LogP contribution in [0.25, 0.3) is 11.7 Å². The Morgan fingerprint density at radius 2 is 2.05 bits per heavy atom. The number of carboxylic acids is 1. The molecular formula is C25H27N6O6S-. The van der Waals surface area contributed by atoms with Gasteiger partial charge in [-0.15, -0.1) is 11.3 Å². The minimum Gasteiger partial charge on any atom is -0.545 e. The van der Waals surface area contributed by atoms with Crippen LogP contribution in [0.3, 0.4) is 0 Å². The summed E-state index contributed by atoms with van der Waals surface area (Å²) in [4.78, 5) is 59.4. The number of nitrogens with one attached hydrogen (secondary N) is 1. The lowest BCUT2D eigenvalue weighted by atomic mass is 9.93. The molecule has 4 heterocycles. The summed E-state index contributed by atoms with van der Waals surface area (Å²) in [6, 6.07) is 2.93. The van der Waals surface area contributed by atoms with E-state index in [4.69, 9.17) is 10.5 Å². The molecule has 13 heteroatoms. The monoisotopic (exact) mass is 539 g/mol. The number of rotatable bonds is 6. The summed E-state index contributed by atoms with van der Waals surface area (Å²) in [5, 5.41) is 16.2. The fourth-order valence-corrected chi connectivity index (χ4v) is 4.99. The first-order valence-corrected chi connectivity index (χ1v) is 12.7. The SMILES string of the molecule is CC(C)(C)c1csc(NC(=O)c2ccn3c(=O)c(/C=C/C(=O)[O-])c(N4CCCC(OC(N)=O)C4)nc3c2)n1. The second-order valence-electron chi connectivity index (χ2n) is 9.84. The van der Waals surface area contributed by atoms with Gasteiger partial charge in [-0.2, -0.15) is 0 Å². The largest absolute Gasteiger partial charge is 0.545 e. The number of aliphatic carboxylic acids is 1. The third-order valence-corrected chi connectivity index (χ3v) is 6.70. The van der Waals surface area contributed by atoms with Crippen molar-refractivity contribution in [2.45, 2.75) is 45.1 Å². The summed E-state index contributed by atoms with van der Waals surface area (Å²) in [7, 11) is 0. The van der Waals surface area contributed by atoms with Crippen LogP contribution in [0, 0.1) is 0 Å². The zero-order chi connectivity index (χ0) is 27.6. The van der Waals surface area contributed by atoms with Gasteiger partial charge in [-0.25, -0.2) is 14.8 Å². The van der Waals surface area contributed by atoms with Crippen molar-refractivity contribution in [3.63, 3.8) is 0 Å². The minimum absolute atomic E-state index is 0.0149. The zero-order valence-electron chi connectivity index (χ0n) is 21.1. The molecule has 1 unspecified atom stereocenters. The Labute approximate surface area is 221 Å². The molecule has 0 saturated carbocycles. The fourth-order valence-electron chi connectivity index (χ4n) is 4.06. The summed E-state index contributed by atoms with van der Waals surface area (Å²) in [6.07, 6.45) is 3.04. The Balaban J connectivity index is 1.72. The lowest BCUT2D eigenvalue weighted by Crippen LogP contribution is -2.43. The maximum Gasteiger partial charge on any atom is 0.404 e. The van der Waals surface area contributed by atoms with E-state index in [9.17, 15) is 24.3 Å². The van der Waals surface area contributed by atoms with E-state index in [2.05, 4.69) is 15.3 Å². The molecule has 3 aromatic heterocycles. The molecule has 200 valence electrons. The normalized spacial score (nSPS) is 16.1. The number of carbonyl (C=O) groups is 3. The van der Waals surface area contributed by atoms with E-state index >= 15 is 0 Å². The average Bonchev–Trinajstić information content (AvgIpc) is 3.32. The van der Waals surface area contributed by atoms with Crippen molar-refractivity contribution in [3.8, 4) is 0 Å². The van der Waals surface area contributed by atoms with Gasteiger partial charge in [0.25, 0.3) is 11.5 Å². The summed E-state index contributed by atoms with van der Waals surface area (Å²) in [5.41, 5.74) is 5.76. The lowest BCUT2D eigenvalue weighted by molar-refractivity contribution is -0.297. The summed E-state index contributed by atoms with van der Waals surface area (Å²) < 4.78 is 6.35. The molecule has 2 amide bonds. The number of carboxylic acid groups (broad SMARTS) is 1. The van der Waals surface area contributed by atoms with E-state index < -0.39 is 29.6 Å². The third-order valence-electron chi connectivity index (χ3n) is 5.95. The molecule has 1 fully saturated rings. The standard InChI is InChI=1S/C25H28N6O6S/c1-25(2,3)17-13-38-24(27-17)29-21(34)14-8-10-31-18(11-14)28-20(16(22(31)35)6-7-19(32)33)30-9-4-5-15(12-30)37-23(26)36/h6-8,10-11,13,15H,4-5,9,12H2,1-3H3,(H2,26,36)(H,32,33)(H,27,29,34)/p-1/b7-6+. The Hall–Kier alpha value is -4.26. The second kappa shape index (κ2) is 10.6. The van der Waals surface area contributed by atoms with E-state index in [-0.39, 0.29) is 34.6 Å². The van der Waals surface area contributed by atoms with E-state index in [0.29, 0.717) is 24.5 Å². The van der Waals surface area contributed by atoms with Gasteiger partial charge in [-0.1, -0.05) is 20.8 Å². The molecule has 4 rings (SSSR count). The number of fused-ring (bicyclic) bond motifs is 1. The number of piperidine rings is 1. The molecule has 1 saturated heterocycles. The molecule has 3 aromatic rings. The maximum absolute atomic E-state index is 13.4. The molecule has 0 aliphatic carbocycles. The molecule has 1 atom stereocenters. The molecule has 1 aliphatic heterocycles. The predicted octanol–water partition coefficient (Wildman–Crippen LogP) is 1.53. The van der Waals surface area contributed by atoms with Gasteiger partial charge < -0.3 is 25.3 Å². The average molecular weight is 540 g/mol. The lowest BCUT2D eigenvalue weighted by Gasteiger charge is -2.33. The molecule has 0 radical (unpaired) electrons. The first-order chi connectivity index (χ1) is 17.9. The Bertz CT molecular complexity index is 1490. The topological polar surface area (TPSA) is 172 Å². The van der Waals surface area contributed by atoms with Crippen molar-refractivity contribution >= 4 is 52.0 Å². The molecule has 3 N–H and O–H groups in total. The number of thiazole rings is 1. The highest BCUT2D eigenvalue weighted by molar-refractivity contribution is 7.14. The van der Waals surface area contributed by atoms with Gasteiger partial charge in [0.05, 0.1) is 23.8 Å². The van der Waals surface area contributed by atoms with Gasteiger partial charge in [0.2, 0.25) is 0 Å². The minimum atomic E-state index is -1.47. The van der Waals surface area contributed by atoms with Crippen molar-refractivity contribution in [1.82, 2.24) is 14.4 Å². The quantitative estimate of drug-likeness (QED) is 0.441. The number of hydrogen-bond acceptors (Lipinski definition) is 10. The van der Waals surface area contributed by atoms with Crippen LogP contribution in [0.15, 0.2) is 34.6 Å². The molecule has 38 heavy (non-hydrogen) atoms. The molecule has 0 aromatic carbocycles. The van der Waals surface area contributed by atoms with E-state index in [1.165, 1.54) is 34.1 Å². The van der Waals surface area contributed by atoms with Gasteiger partial charge in [-0.3, -0.25) is 19.3 Å². The van der Waals surface area contributed by atoms with Crippen molar-refractivity contribution in [2.75, 3.05) is 23.3 Å². The van der Waals surface area contributed by atoms with Gasteiger partial charge in [0.15, 0.2) is 5.13 Å². The maximum atomic E-state index is 13.4. The van der Waals surface area contributed by atoms with E-state index in [1.54, 1.807) is 4.90 Å². The smallest absolute Gasteiger partial charge is 0.404 e. The van der Waals surface area contributed by atoms with Crippen LogP contribution in [-0.4, -0.2) is 51.5 Å². The number of anilines is 2. The van der Waals surface area contributed by atoms with Crippen LogP contribution >= 0.6 is 11.3 Å². The van der Waals surface area contributed by atoms with Crippen molar-refractivity contribution in [3.05, 3.63) is 57.0 Å². The van der Waals surface area contributed by atoms with E-state index in [1.807, 2.05) is 26.2 Å². The van der Waals surface area contributed by atoms with Crippen LogP contribution in [0.2, 0.25) is 0 Å². The molecule has 1 aliphatic rings. The van der Waals surface area contributed by atoms with Crippen LogP contribution in [0.1, 0.15) is 55.2 Å². The highest BCUT2D eigenvalue weighted by Gasteiger charge is 2.26. The highest BCUT2D eigenvalue weighted by atomic mass is 32.1. The summed E-state index contributed by atoms with van der Waals surface area (Å²) in [6.45, 7) is 6.77. The van der Waals surface area contributed by atoms with Crippen molar-refractivity contribution in [1.29, 1.82) is 0 Å². The van der Waals surface area contributed by atoms with Crippen LogP contribution in [-0.2, 0) is 14.9 Å². The van der Waals surface area contributed by atoms with Crippen LogP contribution in [0.5, 0.6) is 0 Å². The molecular weight excluding hydrogens is 512 g/mol. The van der Waals surface area contributed by atoms with Gasteiger partial charge in [0.1, 0.15) is 17.6 Å². The fraction of sp³-hybridized carbons (Fsp3) is 0.360. The molecule has 0 spiro atoms. The van der Waals surface area contributed by atoms with Crippen molar-refractivity contribution in [2.24, 2.45) is 5.73 Å². The van der Waals surface area contributed by atoms with E-state index in [0.717, 1.165) is 17.8 Å². The first-order valence-electron chi connectivity index (χ1n) is 11.9. The number of nitrogens with zero attached hydrogens (tertiary/aromatic N) is 4. The number of primary amides is 1. The predicted molar refractivity (Wildman–Crippen MR) is 140 cm³/mol. The van der Waals surface area contributed by atoms with Gasteiger partial charge in [0, 0.05) is 29.1 Å². The van der Waals surface area contributed by atoms with Crippen molar-refractivity contribution < 1.29 is 24.2 Å². The number of carbonyl (C=O) groups excluding carboxylic acids is 3. The molecule has 0 bridgehead atoms. The molecule has 12 nitrogen and oxygen atoms in total. The summed E-state index contributed by atoms with van der Waals surface area (Å²) in [5.74, 6) is -1.71. The Morgan fingerprint density at radius 1 is 1.29 bits per heavy atom. The van der Waals surface area contributed by atoms with Crippen LogP contribution in [0.4, 0.5) is 15.7 Å². The first kappa shape index (κ1) is 26.8. The second-order valence-corrected chi connectivity index (χ2v) is 10.7. The summed E-state index contributed by atoms with van der Waals surface area (Å²) >= 11 is 1.31. The number of aromatic nitrogens is 3. The number of nitrogens with two attached hydrogens (primary N) is 1. The Kier molecular flexibility index (Phi) is 7.49. The highest BCUT2D eigenvalue weighted by Crippen LogP contribution is 2.27. The third kappa shape index (κ3) is 5.99. The van der Waals surface area contributed by atoms with Crippen LogP contribution < -0.4 is 26.6 Å². The van der Waals surface area contributed by atoms with Gasteiger partial charge in [-0.05, 0) is 37.1 Å². The Morgan fingerprint density at radius 3 is 2.71 bits per heavy atom. The number of amides is 2.